The number of carboxylic acids is 1. The van der Waals surface area contributed by atoms with Crippen LogP contribution in [0.15, 0.2) is 17.6 Å². The van der Waals surface area contributed by atoms with Gasteiger partial charge in [0.2, 0.25) is 0 Å². The molecule has 2 aromatic rings. The molecule has 0 aliphatic rings. The Morgan fingerprint density at radius 3 is 2.81 bits per heavy atom. The zero-order chi connectivity index (χ0) is 15.6. The Morgan fingerprint density at radius 2 is 2.29 bits per heavy atom. The van der Waals surface area contributed by atoms with Crippen molar-refractivity contribution in [2.24, 2.45) is 7.05 Å². The van der Waals surface area contributed by atoms with Crippen LogP contribution < -0.4 is 5.32 Å². The SMILES string of the molecule is Cn1cc([N+](=O)[O-])cc1C(=O)NCc1nc(C(=O)O)cs1. The molecule has 0 saturated carbocycles. The molecule has 9 nitrogen and oxygen atoms in total. The third-order valence-corrected chi connectivity index (χ3v) is 3.45. The van der Waals surface area contributed by atoms with Gasteiger partial charge in [0, 0.05) is 18.5 Å². The molecule has 0 aliphatic heterocycles. The fourth-order valence-electron chi connectivity index (χ4n) is 1.61. The summed E-state index contributed by atoms with van der Waals surface area (Å²) in [4.78, 5) is 36.5. The van der Waals surface area contributed by atoms with Gasteiger partial charge in [-0.05, 0) is 0 Å². The third-order valence-electron chi connectivity index (χ3n) is 2.61. The fourth-order valence-corrected chi connectivity index (χ4v) is 2.32. The Labute approximate surface area is 122 Å². The predicted octanol–water partition coefficient (Wildman–Crippen LogP) is 1.02. The van der Waals surface area contributed by atoms with E-state index in [1.165, 1.54) is 29.3 Å². The molecule has 1 amide bonds. The van der Waals surface area contributed by atoms with Crippen LogP contribution in [0.3, 0.4) is 0 Å². The number of amides is 1. The first-order valence-corrected chi connectivity index (χ1v) is 6.53. The van der Waals surface area contributed by atoms with Gasteiger partial charge >= 0.3 is 5.97 Å². The number of nitro groups is 1. The molecular formula is C11H10N4O5S. The van der Waals surface area contributed by atoms with Crippen LogP contribution >= 0.6 is 11.3 Å². The normalized spacial score (nSPS) is 10.3. The van der Waals surface area contributed by atoms with E-state index < -0.39 is 16.8 Å². The number of nitrogens with one attached hydrogen (secondary N) is 1. The van der Waals surface area contributed by atoms with Crippen LogP contribution in [-0.4, -0.2) is 31.5 Å². The van der Waals surface area contributed by atoms with Crippen LogP contribution in [0.25, 0.3) is 0 Å². The molecule has 0 bridgehead atoms. The van der Waals surface area contributed by atoms with Crippen molar-refractivity contribution in [1.82, 2.24) is 14.9 Å². The summed E-state index contributed by atoms with van der Waals surface area (Å²) in [6.45, 7) is 0.0513. The molecule has 2 aromatic heterocycles. The average molecular weight is 310 g/mol. The quantitative estimate of drug-likeness (QED) is 0.627. The van der Waals surface area contributed by atoms with Crippen molar-refractivity contribution in [1.29, 1.82) is 0 Å². The number of aryl methyl sites for hydroxylation is 1. The molecule has 0 aromatic carbocycles. The summed E-state index contributed by atoms with van der Waals surface area (Å²) in [7, 11) is 1.52. The van der Waals surface area contributed by atoms with E-state index in [0.29, 0.717) is 5.01 Å². The lowest BCUT2D eigenvalue weighted by molar-refractivity contribution is -0.384. The number of nitrogens with zero attached hydrogens (tertiary/aromatic N) is 3. The van der Waals surface area contributed by atoms with Gasteiger partial charge in [0.25, 0.3) is 11.6 Å². The number of carbonyl (C=O) groups excluding carboxylic acids is 1. The summed E-state index contributed by atoms with van der Waals surface area (Å²) in [6.07, 6.45) is 1.24. The lowest BCUT2D eigenvalue weighted by atomic mass is 10.4. The number of aromatic carboxylic acids is 1. The molecule has 10 heteroatoms. The molecule has 110 valence electrons. The summed E-state index contributed by atoms with van der Waals surface area (Å²) < 4.78 is 1.35. The number of thiazole rings is 1. The summed E-state index contributed by atoms with van der Waals surface area (Å²) in [5.41, 5.74) is -0.125. The van der Waals surface area contributed by atoms with Crippen molar-refractivity contribution >= 4 is 28.9 Å². The first kappa shape index (κ1) is 14.7. The van der Waals surface area contributed by atoms with E-state index in [0.717, 1.165) is 11.3 Å². The van der Waals surface area contributed by atoms with Crippen molar-refractivity contribution in [2.45, 2.75) is 6.54 Å². The molecule has 0 saturated heterocycles. The van der Waals surface area contributed by atoms with Gasteiger partial charge in [-0.1, -0.05) is 0 Å². The molecule has 2 heterocycles. The Hall–Kier alpha value is -2.75. The summed E-state index contributed by atoms with van der Waals surface area (Å²) in [5, 5.41) is 23.7. The van der Waals surface area contributed by atoms with Gasteiger partial charge in [-0.3, -0.25) is 14.9 Å². The zero-order valence-electron chi connectivity index (χ0n) is 10.8. The van der Waals surface area contributed by atoms with E-state index in [2.05, 4.69) is 10.3 Å². The molecule has 0 unspecified atom stereocenters. The Morgan fingerprint density at radius 1 is 1.57 bits per heavy atom. The van der Waals surface area contributed by atoms with Crippen molar-refractivity contribution in [2.75, 3.05) is 0 Å². The number of aromatic nitrogens is 2. The molecule has 0 fully saturated rings. The topological polar surface area (TPSA) is 127 Å². The Bertz CT molecular complexity index is 720. The maximum atomic E-state index is 11.9. The van der Waals surface area contributed by atoms with Crippen LogP contribution in [0.5, 0.6) is 0 Å². The van der Waals surface area contributed by atoms with Gasteiger partial charge < -0.3 is 15.0 Å². The Balaban J connectivity index is 2.04. The van der Waals surface area contributed by atoms with Crippen LogP contribution in [0, 0.1) is 10.1 Å². The van der Waals surface area contributed by atoms with Crippen LogP contribution in [0.2, 0.25) is 0 Å². The lowest BCUT2D eigenvalue weighted by Crippen LogP contribution is -2.24. The molecular weight excluding hydrogens is 300 g/mol. The standard InChI is InChI=1S/C11H10N4O5S/c1-14-4-6(15(19)20)2-8(14)10(16)12-3-9-13-7(5-21-9)11(17)18/h2,4-5H,3H2,1H3,(H,12,16)(H,17,18). The molecule has 0 atom stereocenters. The van der Waals surface area contributed by atoms with E-state index in [1.54, 1.807) is 0 Å². The number of hydrogen-bond acceptors (Lipinski definition) is 6. The first-order chi connectivity index (χ1) is 9.88. The highest BCUT2D eigenvalue weighted by Crippen LogP contribution is 2.15. The minimum Gasteiger partial charge on any atom is -0.476 e. The van der Waals surface area contributed by atoms with E-state index in [9.17, 15) is 19.7 Å². The summed E-state index contributed by atoms with van der Waals surface area (Å²) >= 11 is 1.11. The number of rotatable bonds is 5. The van der Waals surface area contributed by atoms with Crippen LogP contribution in [0.4, 0.5) is 5.69 Å². The van der Waals surface area contributed by atoms with Crippen molar-refractivity contribution in [3.8, 4) is 0 Å². The number of carbonyl (C=O) groups is 2. The minimum absolute atomic E-state index is 0.0513. The number of carboxylic acid groups (broad SMARTS) is 1. The van der Waals surface area contributed by atoms with E-state index in [-0.39, 0.29) is 23.6 Å². The van der Waals surface area contributed by atoms with Crippen molar-refractivity contribution in [3.05, 3.63) is 44.2 Å². The second-order valence-electron chi connectivity index (χ2n) is 4.07. The third kappa shape index (κ3) is 3.23. The second kappa shape index (κ2) is 5.71. The molecule has 2 N–H and O–H groups in total. The predicted molar refractivity (Wildman–Crippen MR) is 72.3 cm³/mol. The van der Waals surface area contributed by atoms with Gasteiger partial charge in [0.1, 0.15) is 10.7 Å². The van der Waals surface area contributed by atoms with Gasteiger partial charge in [-0.25, -0.2) is 9.78 Å². The first-order valence-electron chi connectivity index (χ1n) is 5.65. The highest BCUT2D eigenvalue weighted by atomic mass is 32.1. The van der Waals surface area contributed by atoms with Gasteiger partial charge in [-0.2, -0.15) is 0 Å². The van der Waals surface area contributed by atoms with Crippen LogP contribution in [-0.2, 0) is 13.6 Å². The fraction of sp³-hybridized carbons (Fsp3) is 0.182. The smallest absolute Gasteiger partial charge is 0.355 e. The largest absolute Gasteiger partial charge is 0.476 e. The summed E-state index contributed by atoms with van der Waals surface area (Å²) in [6, 6.07) is 1.17. The number of hydrogen-bond donors (Lipinski definition) is 2. The zero-order valence-corrected chi connectivity index (χ0v) is 11.6. The Kier molecular flexibility index (Phi) is 3.98. The minimum atomic E-state index is -1.14. The van der Waals surface area contributed by atoms with E-state index in [1.807, 2.05) is 0 Å². The maximum Gasteiger partial charge on any atom is 0.355 e. The van der Waals surface area contributed by atoms with Gasteiger partial charge in [-0.15, -0.1) is 11.3 Å². The van der Waals surface area contributed by atoms with Crippen molar-refractivity contribution < 1.29 is 19.6 Å². The van der Waals surface area contributed by atoms with E-state index >= 15 is 0 Å². The van der Waals surface area contributed by atoms with Crippen LogP contribution in [0.1, 0.15) is 26.0 Å². The molecule has 0 aliphatic carbocycles. The van der Waals surface area contributed by atoms with Gasteiger partial charge in [0.15, 0.2) is 5.69 Å². The van der Waals surface area contributed by atoms with E-state index in [4.69, 9.17) is 5.11 Å². The summed E-state index contributed by atoms with van der Waals surface area (Å²) in [5.74, 6) is -1.64. The highest BCUT2D eigenvalue weighted by Gasteiger charge is 2.18. The molecule has 21 heavy (non-hydrogen) atoms. The average Bonchev–Trinajstić information content (AvgIpc) is 3.02. The molecule has 0 spiro atoms. The molecule has 0 radical (unpaired) electrons. The maximum absolute atomic E-state index is 11.9. The van der Waals surface area contributed by atoms with Crippen molar-refractivity contribution in [3.63, 3.8) is 0 Å². The lowest BCUT2D eigenvalue weighted by Gasteiger charge is -2.03. The monoisotopic (exact) mass is 310 g/mol. The van der Waals surface area contributed by atoms with Gasteiger partial charge in [0.05, 0.1) is 17.7 Å². The second-order valence-corrected chi connectivity index (χ2v) is 5.01. The highest BCUT2D eigenvalue weighted by molar-refractivity contribution is 7.09. The molecule has 2 rings (SSSR count).